The Balaban J connectivity index is 2.54. The van der Waals surface area contributed by atoms with E-state index in [1.54, 1.807) is 0 Å². The van der Waals surface area contributed by atoms with Crippen LogP contribution in [0.2, 0.25) is 28.2 Å². The molecule has 0 aliphatic rings. The second kappa shape index (κ2) is 7.65. The molecule has 0 radical (unpaired) electrons. The topological polar surface area (TPSA) is 35.2 Å². The molecule has 0 bridgehead atoms. The van der Waals surface area contributed by atoms with Gasteiger partial charge in [0.15, 0.2) is 8.32 Å². The summed E-state index contributed by atoms with van der Waals surface area (Å²) in [5.41, 5.74) is 8.11. The quantitative estimate of drug-likeness (QED) is 0.543. The summed E-state index contributed by atoms with van der Waals surface area (Å²) in [5, 5.41) is 1.44. The molecule has 142 valence electrons. The Morgan fingerprint density at radius 1 is 0.923 bits per heavy atom. The van der Waals surface area contributed by atoms with Gasteiger partial charge in [-0.15, -0.1) is 0 Å². The highest BCUT2D eigenvalue weighted by Crippen LogP contribution is 2.45. The first-order valence-electron chi connectivity index (χ1n) is 8.83. The van der Waals surface area contributed by atoms with E-state index in [1.807, 2.05) is 55.5 Å². The number of rotatable bonds is 5. The van der Waals surface area contributed by atoms with Gasteiger partial charge in [0, 0.05) is 10.0 Å². The van der Waals surface area contributed by atoms with Crippen LogP contribution in [-0.4, -0.2) is 8.32 Å². The highest BCUT2D eigenvalue weighted by molar-refractivity contribution is 6.74. The average Bonchev–Trinajstić information content (AvgIpc) is 2.52. The number of hydrogen-bond donors (Lipinski definition) is 1. The zero-order valence-electron chi connectivity index (χ0n) is 16.4. The van der Waals surface area contributed by atoms with Crippen molar-refractivity contribution < 1.29 is 4.43 Å². The van der Waals surface area contributed by atoms with Crippen LogP contribution >= 0.6 is 23.2 Å². The number of benzene rings is 2. The first kappa shape index (κ1) is 21.5. The molecule has 0 fully saturated rings. The van der Waals surface area contributed by atoms with E-state index in [9.17, 15) is 0 Å². The Kier molecular flexibility index (Phi) is 6.31. The molecule has 2 aromatic carbocycles. The van der Waals surface area contributed by atoms with E-state index in [0.29, 0.717) is 10.0 Å². The van der Waals surface area contributed by atoms with Crippen molar-refractivity contribution in [3.63, 3.8) is 0 Å². The summed E-state index contributed by atoms with van der Waals surface area (Å²) < 4.78 is 6.82. The predicted molar refractivity (Wildman–Crippen MR) is 115 cm³/mol. The molecule has 2 nitrogen and oxygen atoms in total. The standard InChI is InChI=1S/C21H29Cl2NOSi/c1-20(2,3)26(5,6)25-19(15-8-7-9-18(23)14-15)21(4,24)16-10-12-17(22)13-11-16/h7-14,19H,24H2,1-6H3. The van der Waals surface area contributed by atoms with Crippen molar-refractivity contribution in [1.29, 1.82) is 0 Å². The lowest BCUT2D eigenvalue weighted by Gasteiger charge is -2.44. The van der Waals surface area contributed by atoms with Gasteiger partial charge in [0.25, 0.3) is 0 Å². The second-order valence-electron chi connectivity index (χ2n) is 8.60. The van der Waals surface area contributed by atoms with Crippen molar-refractivity contribution in [3.05, 3.63) is 69.7 Å². The van der Waals surface area contributed by atoms with Crippen molar-refractivity contribution in [1.82, 2.24) is 0 Å². The Morgan fingerprint density at radius 2 is 1.50 bits per heavy atom. The SMILES string of the molecule is CC(N)(c1ccc(Cl)cc1)C(O[Si](C)(C)C(C)(C)C)c1cccc(Cl)c1. The van der Waals surface area contributed by atoms with Crippen molar-refractivity contribution in [2.75, 3.05) is 0 Å². The first-order valence-corrected chi connectivity index (χ1v) is 12.5. The molecule has 2 unspecified atom stereocenters. The van der Waals surface area contributed by atoms with Crippen molar-refractivity contribution in [2.45, 2.75) is 57.5 Å². The molecule has 0 aromatic heterocycles. The third-order valence-electron chi connectivity index (χ3n) is 5.38. The minimum atomic E-state index is -2.07. The Morgan fingerprint density at radius 3 is 2.00 bits per heavy atom. The van der Waals surface area contributed by atoms with Crippen LogP contribution in [0.5, 0.6) is 0 Å². The largest absolute Gasteiger partial charge is 0.408 e. The van der Waals surface area contributed by atoms with Gasteiger partial charge < -0.3 is 10.2 Å². The predicted octanol–water partition coefficient (Wildman–Crippen LogP) is 6.93. The molecular formula is C21H29Cl2NOSi. The maximum absolute atomic E-state index is 6.88. The van der Waals surface area contributed by atoms with E-state index >= 15 is 0 Å². The highest BCUT2D eigenvalue weighted by Gasteiger charge is 2.44. The van der Waals surface area contributed by atoms with Crippen LogP contribution < -0.4 is 5.73 Å². The van der Waals surface area contributed by atoms with Gasteiger partial charge in [-0.1, -0.05) is 68.2 Å². The molecule has 2 rings (SSSR count). The summed E-state index contributed by atoms with van der Waals surface area (Å²) in [5.74, 6) is 0. The van der Waals surface area contributed by atoms with Gasteiger partial charge >= 0.3 is 0 Å². The van der Waals surface area contributed by atoms with E-state index in [4.69, 9.17) is 33.4 Å². The summed E-state index contributed by atoms with van der Waals surface area (Å²) in [6.07, 6.45) is -0.316. The first-order chi connectivity index (χ1) is 11.8. The van der Waals surface area contributed by atoms with Crippen LogP contribution in [0.1, 0.15) is 44.9 Å². The lowest BCUT2D eigenvalue weighted by atomic mass is 9.84. The Bertz CT molecular complexity index is 751. The molecule has 0 aliphatic carbocycles. The summed E-state index contributed by atoms with van der Waals surface area (Å²) in [7, 11) is -2.07. The normalized spacial score (nSPS) is 16.2. The zero-order valence-corrected chi connectivity index (χ0v) is 18.9. The maximum atomic E-state index is 6.88. The minimum absolute atomic E-state index is 0.0693. The van der Waals surface area contributed by atoms with Gasteiger partial charge in [0.2, 0.25) is 0 Å². The van der Waals surface area contributed by atoms with Crippen LogP contribution in [0.3, 0.4) is 0 Å². The van der Waals surface area contributed by atoms with Crippen LogP contribution in [0, 0.1) is 0 Å². The van der Waals surface area contributed by atoms with Crippen LogP contribution in [0.25, 0.3) is 0 Å². The van der Waals surface area contributed by atoms with Crippen LogP contribution in [-0.2, 0) is 9.96 Å². The number of halogens is 2. The van der Waals surface area contributed by atoms with Gasteiger partial charge in [0.05, 0.1) is 11.6 Å². The van der Waals surface area contributed by atoms with Crippen molar-refractivity contribution in [3.8, 4) is 0 Å². The molecule has 2 N–H and O–H groups in total. The fourth-order valence-corrected chi connectivity index (χ4v) is 4.29. The monoisotopic (exact) mass is 409 g/mol. The molecule has 0 amide bonds. The van der Waals surface area contributed by atoms with E-state index in [-0.39, 0.29) is 11.1 Å². The van der Waals surface area contributed by atoms with Gasteiger partial charge in [-0.25, -0.2) is 0 Å². The number of nitrogens with two attached hydrogens (primary N) is 1. The second-order valence-corrected chi connectivity index (χ2v) is 14.2. The summed E-state index contributed by atoms with van der Waals surface area (Å²) in [4.78, 5) is 0. The minimum Gasteiger partial charge on any atom is -0.408 e. The summed E-state index contributed by atoms with van der Waals surface area (Å²) in [6.45, 7) is 13.2. The smallest absolute Gasteiger partial charge is 0.193 e. The molecule has 0 aliphatic heterocycles. The van der Waals surface area contributed by atoms with Crippen molar-refractivity contribution in [2.24, 2.45) is 5.73 Å². The van der Waals surface area contributed by atoms with E-state index in [0.717, 1.165) is 11.1 Å². The molecule has 5 heteroatoms. The maximum Gasteiger partial charge on any atom is 0.193 e. The zero-order chi connectivity index (χ0) is 19.8. The van der Waals surface area contributed by atoms with Gasteiger partial charge in [-0.3, -0.25) is 0 Å². The Hall–Kier alpha value is -0.843. The summed E-state index contributed by atoms with van der Waals surface area (Å²) >= 11 is 12.3. The molecule has 0 heterocycles. The Labute approximate surface area is 168 Å². The summed E-state index contributed by atoms with van der Waals surface area (Å²) in [6, 6.07) is 15.4. The van der Waals surface area contributed by atoms with Gasteiger partial charge in [-0.05, 0) is 60.4 Å². The lowest BCUT2D eigenvalue weighted by molar-refractivity contribution is 0.103. The van der Waals surface area contributed by atoms with Crippen molar-refractivity contribution >= 4 is 31.5 Å². The molecule has 0 spiro atoms. The number of hydrogen-bond acceptors (Lipinski definition) is 2. The van der Waals surface area contributed by atoms with E-state index in [1.165, 1.54) is 0 Å². The highest BCUT2D eigenvalue weighted by atomic mass is 35.5. The molecule has 2 atom stereocenters. The average molecular weight is 410 g/mol. The molecule has 26 heavy (non-hydrogen) atoms. The lowest BCUT2D eigenvalue weighted by Crippen LogP contribution is -2.49. The molecular weight excluding hydrogens is 381 g/mol. The molecule has 2 aromatic rings. The fraction of sp³-hybridized carbons (Fsp3) is 0.429. The molecule has 0 saturated heterocycles. The van der Waals surface area contributed by atoms with Gasteiger partial charge in [0.1, 0.15) is 0 Å². The van der Waals surface area contributed by atoms with Crippen LogP contribution in [0.15, 0.2) is 48.5 Å². The van der Waals surface area contributed by atoms with Gasteiger partial charge in [-0.2, -0.15) is 0 Å². The third-order valence-corrected chi connectivity index (χ3v) is 10.3. The van der Waals surface area contributed by atoms with Crippen LogP contribution in [0.4, 0.5) is 0 Å². The fourth-order valence-electron chi connectivity index (χ4n) is 2.64. The van der Waals surface area contributed by atoms with E-state index < -0.39 is 13.9 Å². The van der Waals surface area contributed by atoms with E-state index in [2.05, 4.69) is 33.9 Å². The third kappa shape index (κ3) is 4.70. The molecule has 0 saturated carbocycles.